The van der Waals surface area contributed by atoms with Crippen molar-refractivity contribution in [2.45, 2.75) is 19.2 Å². The number of aromatic nitrogens is 1. The molecule has 1 rings (SSSR count). The molecule has 10 heteroatoms. The van der Waals surface area contributed by atoms with Crippen LogP contribution in [0.25, 0.3) is 0 Å². The van der Waals surface area contributed by atoms with Gasteiger partial charge in [-0.25, -0.2) is 9.37 Å². The molecule has 1 heterocycles. The van der Waals surface area contributed by atoms with E-state index >= 15 is 0 Å². The summed E-state index contributed by atoms with van der Waals surface area (Å²) in [6.07, 6.45) is -10.3. The Labute approximate surface area is 101 Å². The topological polar surface area (TPSA) is 31.4 Å². The number of alkyl halides is 7. The van der Waals surface area contributed by atoms with Crippen LogP contribution >= 0.6 is 0 Å². The second-order valence-electron chi connectivity index (χ2n) is 3.17. The molecule has 0 aliphatic rings. The van der Waals surface area contributed by atoms with Crippen LogP contribution in [0.2, 0.25) is 0 Å². The van der Waals surface area contributed by atoms with Crippen molar-refractivity contribution in [2.24, 2.45) is 0 Å². The van der Waals surface area contributed by atoms with Crippen LogP contribution in [0.3, 0.4) is 0 Å². The minimum absolute atomic E-state index is 0.00572. The van der Waals surface area contributed by atoms with Gasteiger partial charge in [0.25, 0.3) is 0 Å². The van der Waals surface area contributed by atoms with Crippen LogP contribution in [0.1, 0.15) is 11.3 Å². The van der Waals surface area contributed by atoms with Gasteiger partial charge in [-0.05, 0) is 0 Å². The third kappa shape index (κ3) is 3.86. The van der Waals surface area contributed by atoms with Gasteiger partial charge < -0.3 is 9.47 Å². The normalized spacial score (nSPS) is 12.4. The number of methoxy groups -OCH3 is 1. The summed E-state index contributed by atoms with van der Waals surface area (Å²) in [5.41, 5.74) is -2.53. The van der Waals surface area contributed by atoms with Gasteiger partial charge in [-0.2, -0.15) is 13.2 Å². The molecule has 108 valence electrons. The van der Waals surface area contributed by atoms with Crippen molar-refractivity contribution in [1.29, 1.82) is 0 Å². The van der Waals surface area contributed by atoms with Crippen molar-refractivity contribution in [3.05, 3.63) is 17.3 Å². The molecule has 1 aromatic heterocycles. The summed E-state index contributed by atoms with van der Waals surface area (Å²) in [6.45, 7) is -1.54. The van der Waals surface area contributed by atoms with Crippen molar-refractivity contribution in [3.8, 4) is 11.6 Å². The van der Waals surface area contributed by atoms with Gasteiger partial charge in [0.1, 0.15) is 17.9 Å². The lowest BCUT2D eigenvalue weighted by Gasteiger charge is -2.16. The Hall–Kier alpha value is -1.74. The lowest BCUT2D eigenvalue weighted by atomic mass is 10.2. The highest BCUT2D eigenvalue weighted by molar-refractivity contribution is 5.40. The third-order valence-corrected chi connectivity index (χ3v) is 1.88. The highest BCUT2D eigenvalue weighted by atomic mass is 19.4. The maximum absolute atomic E-state index is 12.5. The molecule has 19 heavy (non-hydrogen) atoms. The van der Waals surface area contributed by atoms with E-state index in [0.29, 0.717) is 0 Å². The van der Waals surface area contributed by atoms with Crippen LogP contribution in [0.5, 0.6) is 11.6 Å². The first kappa shape index (κ1) is 15.3. The smallest absolute Gasteiger partial charge is 0.481 e. The van der Waals surface area contributed by atoms with Gasteiger partial charge in [-0.3, -0.25) is 0 Å². The van der Waals surface area contributed by atoms with Crippen LogP contribution in [0.15, 0.2) is 6.07 Å². The first-order valence-corrected chi connectivity index (χ1v) is 4.55. The Bertz CT molecular complexity index is 455. The Balaban J connectivity index is 3.38. The summed E-state index contributed by atoms with van der Waals surface area (Å²) < 4.78 is 93.6. The van der Waals surface area contributed by atoms with Crippen LogP contribution in [0, 0.1) is 0 Å². The van der Waals surface area contributed by atoms with Gasteiger partial charge in [0.2, 0.25) is 5.88 Å². The largest absolute Gasteiger partial charge is 0.573 e. The van der Waals surface area contributed by atoms with E-state index in [1.807, 2.05) is 0 Å². The first-order valence-electron chi connectivity index (χ1n) is 4.55. The fourth-order valence-electron chi connectivity index (χ4n) is 1.18. The van der Waals surface area contributed by atoms with E-state index in [1.54, 1.807) is 0 Å². The molecule has 0 saturated carbocycles. The molecule has 0 bridgehead atoms. The molecule has 0 aliphatic carbocycles. The fraction of sp³-hybridized carbons (Fsp3) is 0.444. The van der Waals surface area contributed by atoms with Gasteiger partial charge >= 0.3 is 12.5 Å². The molecular formula is C9H6F7NO2. The lowest BCUT2D eigenvalue weighted by Crippen LogP contribution is -2.20. The van der Waals surface area contributed by atoms with Crippen molar-refractivity contribution >= 4 is 0 Å². The second-order valence-corrected chi connectivity index (χ2v) is 3.17. The molecule has 1 aromatic rings. The fourth-order valence-corrected chi connectivity index (χ4v) is 1.18. The number of ether oxygens (including phenoxy) is 2. The Morgan fingerprint density at radius 1 is 1.16 bits per heavy atom. The van der Waals surface area contributed by atoms with Crippen molar-refractivity contribution in [2.75, 3.05) is 7.11 Å². The van der Waals surface area contributed by atoms with Gasteiger partial charge in [0, 0.05) is 6.07 Å². The summed E-state index contributed by atoms with van der Waals surface area (Å²) in [7, 11) is 0.823. The van der Waals surface area contributed by atoms with Crippen molar-refractivity contribution < 1.29 is 40.2 Å². The van der Waals surface area contributed by atoms with E-state index in [2.05, 4.69) is 14.5 Å². The Morgan fingerprint density at radius 3 is 2.11 bits per heavy atom. The number of nitrogens with zero attached hydrogens (tertiary/aromatic N) is 1. The zero-order valence-electron chi connectivity index (χ0n) is 9.19. The molecule has 0 aliphatic heterocycles. The van der Waals surface area contributed by atoms with Crippen LogP contribution in [-0.2, 0) is 12.9 Å². The molecule has 0 aromatic carbocycles. The highest BCUT2D eigenvalue weighted by Gasteiger charge is 2.39. The molecule has 0 unspecified atom stereocenters. The summed E-state index contributed by atoms with van der Waals surface area (Å²) in [6, 6.07) is -0.00572. The van der Waals surface area contributed by atoms with E-state index < -0.39 is 42.1 Å². The zero-order chi connectivity index (χ0) is 14.8. The molecular weight excluding hydrogens is 287 g/mol. The predicted octanol–water partition coefficient (Wildman–Crippen LogP) is 3.48. The molecule has 0 atom stereocenters. The number of hydrogen-bond acceptors (Lipinski definition) is 3. The number of rotatable bonds is 3. The quantitative estimate of drug-likeness (QED) is 0.800. The number of halogens is 7. The van der Waals surface area contributed by atoms with Crippen molar-refractivity contribution in [1.82, 2.24) is 4.98 Å². The summed E-state index contributed by atoms with van der Waals surface area (Å²) >= 11 is 0. The maximum atomic E-state index is 12.5. The SMILES string of the molecule is COc1nc(CF)c(OC(F)(F)F)cc1C(F)(F)F. The monoisotopic (exact) mass is 293 g/mol. The second kappa shape index (κ2) is 5.10. The highest BCUT2D eigenvalue weighted by Crippen LogP contribution is 2.39. The van der Waals surface area contributed by atoms with Crippen LogP contribution in [0.4, 0.5) is 30.7 Å². The van der Waals surface area contributed by atoms with Crippen LogP contribution in [-0.4, -0.2) is 18.5 Å². The average Bonchev–Trinajstić information content (AvgIpc) is 2.25. The average molecular weight is 293 g/mol. The molecule has 0 spiro atoms. The van der Waals surface area contributed by atoms with Gasteiger partial charge in [-0.15, -0.1) is 13.2 Å². The van der Waals surface area contributed by atoms with E-state index in [0.717, 1.165) is 7.11 Å². The summed E-state index contributed by atoms with van der Waals surface area (Å²) in [4.78, 5) is 3.02. The molecule has 0 N–H and O–H groups in total. The minimum atomic E-state index is -5.26. The van der Waals surface area contributed by atoms with E-state index in [-0.39, 0.29) is 6.07 Å². The molecule has 3 nitrogen and oxygen atoms in total. The molecule has 0 radical (unpaired) electrons. The summed E-state index contributed by atoms with van der Waals surface area (Å²) in [5.74, 6) is -2.39. The first-order chi connectivity index (χ1) is 8.58. The molecule has 0 amide bonds. The predicted molar refractivity (Wildman–Crippen MR) is 47.3 cm³/mol. The zero-order valence-corrected chi connectivity index (χ0v) is 9.19. The number of pyridine rings is 1. The Morgan fingerprint density at radius 2 is 1.74 bits per heavy atom. The summed E-state index contributed by atoms with van der Waals surface area (Å²) in [5, 5.41) is 0. The standard InChI is InChI=1S/C9H6F7NO2/c1-18-7-4(8(11,12)13)2-6(5(3-10)17-7)19-9(14,15)16/h2H,3H2,1H3. The van der Waals surface area contributed by atoms with E-state index in [9.17, 15) is 30.7 Å². The van der Waals surface area contributed by atoms with Crippen LogP contribution < -0.4 is 9.47 Å². The lowest BCUT2D eigenvalue weighted by molar-refractivity contribution is -0.275. The van der Waals surface area contributed by atoms with Gasteiger partial charge in [0.05, 0.1) is 7.11 Å². The van der Waals surface area contributed by atoms with E-state index in [1.165, 1.54) is 0 Å². The molecule has 0 fully saturated rings. The molecule has 0 saturated heterocycles. The number of hydrogen-bond donors (Lipinski definition) is 0. The van der Waals surface area contributed by atoms with Gasteiger partial charge in [0.15, 0.2) is 5.75 Å². The third-order valence-electron chi connectivity index (χ3n) is 1.88. The minimum Gasteiger partial charge on any atom is -0.481 e. The Kier molecular flexibility index (Phi) is 4.11. The van der Waals surface area contributed by atoms with Gasteiger partial charge in [-0.1, -0.05) is 0 Å². The van der Waals surface area contributed by atoms with E-state index in [4.69, 9.17) is 0 Å². The van der Waals surface area contributed by atoms with Crippen molar-refractivity contribution in [3.63, 3.8) is 0 Å². The maximum Gasteiger partial charge on any atom is 0.573 e.